The summed E-state index contributed by atoms with van der Waals surface area (Å²) in [5.41, 5.74) is 7.66. The summed E-state index contributed by atoms with van der Waals surface area (Å²) in [7, 11) is 0. The zero-order valence-electron chi connectivity index (χ0n) is 14.3. The van der Waals surface area contributed by atoms with Gasteiger partial charge in [-0.25, -0.2) is 4.79 Å². The van der Waals surface area contributed by atoms with Crippen LogP contribution in [0.15, 0.2) is 57.7 Å². The first-order valence-electron chi connectivity index (χ1n) is 8.26. The van der Waals surface area contributed by atoms with Gasteiger partial charge in [0, 0.05) is 22.6 Å². The van der Waals surface area contributed by atoms with E-state index in [0.717, 1.165) is 5.56 Å². The summed E-state index contributed by atoms with van der Waals surface area (Å²) in [5.74, 6) is 0.836. The number of urea groups is 1. The van der Waals surface area contributed by atoms with Crippen LogP contribution < -0.4 is 16.5 Å². The topological polar surface area (TPSA) is 85.3 Å². The predicted octanol–water partition coefficient (Wildman–Crippen LogP) is 4.11. The Bertz CT molecular complexity index is 999. The molecule has 0 spiro atoms. The van der Waals surface area contributed by atoms with Crippen molar-refractivity contribution in [1.82, 2.24) is 5.32 Å². The highest BCUT2D eigenvalue weighted by Gasteiger charge is 2.20. The second kappa shape index (κ2) is 7.62. The number of rotatable bonds is 5. The van der Waals surface area contributed by atoms with Gasteiger partial charge in [-0.05, 0) is 19.4 Å². The number of benzene rings is 2. The second-order valence-corrected chi connectivity index (χ2v) is 6.39. The first kappa shape index (κ1) is 18.0. The van der Waals surface area contributed by atoms with E-state index < -0.39 is 12.1 Å². The molecule has 1 aromatic heterocycles. The Labute approximate surface area is 155 Å². The third-order valence-corrected chi connectivity index (χ3v) is 4.52. The third-order valence-electron chi connectivity index (χ3n) is 4.30. The first-order chi connectivity index (χ1) is 12.5. The quantitative estimate of drug-likeness (QED) is 0.663. The molecule has 3 rings (SSSR count). The van der Waals surface area contributed by atoms with Gasteiger partial charge in [-0.3, -0.25) is 4.79 Å². The fourth-order valence-electron chi connectivity index (χ4n) is 3.06. The molecule has 3 N–H and O–H groups in total. The molecule has 0 radical (unpaired) electrons. The first-order valence-corrected chi connectivity index (χ1v) is 8.80. The molecule has 0 fully saturated rings. The molecule has 6 heteroatoms. The maximum Gasteiger partial charge on any atom is 0.312 e. The Morgan fingerprint density at radius 1 is 1.19 bits per heavy atom. The van der Waals surface area contributed by atoms with E-state index in [0.29, 0.717) is 40.2 Å². The van der Waals surface area contributed by atoms with Gasteiger partial charge in [0.25, 0.3) is 0 Å². The highest BCUT2D eigenvalue weighted by molar-refractivity contribution is 6.17. The summed E-state index contributed by atoms with van der Waals surface area (Å²) in [6.45, 7) is 1.75. The minimum Gasteiger partial charge on any atom is -0.455 e. The molecule has 0 aliphatic heterocycles. The summed E-state index contributed by atoms with van der Waals surface area (Å²) >= 11 is 5.88. The van der Waals surface area contributed by atoms with Crippen LogP contribution in [0.2, 0.25) is 0 Å². The van der Waals surface area contributed by atoms with Crippen molar-refractivity contribution in [2.24, 2.45) is 5.73 Å². The van der Waals surface area contributed by atoms with Crippen LogP contribution in [0.3, 0.4) is 0 Å². The molecule has 0 aliphatic carbocycles. The lowest BCUT2D eigenvalue weighted by Crippen LogP contribution is -2.33. The Morgan fingerprint density at radius 2 is 1.92 bits per heavy atom. The number of amides is 2. The summed E-state index contributed by atoms with van der Waals surface area (Å²) in [6.07, 6.45) is 0.460. The lowest BCUT2D eigenvalue weighted by atomic mass is 9.99. The van der Waals surface area contributed by atoms with Crippen molar-refractivity contribution in [2.45, 2.75) is 19.4 Å². The van der Waals surface area contributed by atoms with Crippen LogP contribution in [0.25, 0.3) is 22.3 Å². The van der Waals surface area contributed by atoms with E-state index >= 15 is 0 Å². The molecule has 1 unspecified atom stereocenters. The summed E-state index contributed by atoms with van der Waals surface area (Å²) < 4.78 is 6.16. The van der Waals surface area contributed by atoms with Crippen LogP contribution in [0.1, 0.15) is 23.6 Å². The summed E-state index contributed by atoms with van der Waals surface area (Å²) in [4.78, 5) is 24.3. The van der Waals surface area contributed by atoms with Gasteiger partial charge < -0.3 is 15.5 Å². The number of alkyl halides is 1. The number of para-hydroxylation sites is 1. The average molecular weight is 371 g/mol. The van der Waals surface area contributed by atoms with Crippen molar-refractivity contribution < 1.29 is 9.21 Å². The third kappa shape index (κ3) is 3.44. The number of fused-ring (bicyclic) bond motifs is 1. The van der Waals surface area contributed by atoms with Crippen LogP contribution in [0.4, 0.5) is 4.79 Å². The molecule has 3 aromatic rings. The molecule has 5 nitrogen and oxygen atoms in total. The van der Waals surface area contributed by atoms with Crippen molar-refractivity contribution >= 4 is 28.6 Å². The Balaban J connectivity index is 2.27. The Hall–Kier alpha value is -2.79. The number of nitrogens with two attached hydrogens (primary N) is 1. The minimum atomic E-state index is -0.658. The van der Waals surface area contributed by atoms with Crippen molar-refractivity contribution in [2.75, 3.05) is 5.88 Å². The van der Waals surface area contributed by atoms with Crippen molar-refractivity contribution in [3.8, 4) is 11.3 Å². The number of carbonyl (C=O) groups is 1. The number of hydrogen-bond donors (Lipinski definition) is 2. The van der Waals surface area contributed by atoms with E-state index in [1.54, 1.807) is 19.1 Å². The molecular formula is C20H19ClN2O3. The fraction of sp³-hybridized carbons (Fsp3) is 0.200. The van der Waals surface area contributed by atoms with Gasteiger partial charge in [-0.2, -0.15) is 0 Å². The van der Waals surface area contributed by atoms with E-state index in [4.69, 9.17) is 21.8 Å². The molecular weight excluding hydrogens is 352 g/mol. The standard InChI is InChI=1S/C20H19ClN2O3/c1-12-17(24)15-9-5-8-14(16(10-11-21)23-20(22)25)19(15)26-18(12)13-6-3-2-4-7-13/h2-9,16H,10-11H2,1H3,(H3,22,23,25). The van der Waals surface area contributed by atoms with Crippen LogP contribution in [-0.4, -0.2) is 11.9 Å². The molecule has 2 amide bonds. The average Bonchev–Trinajstić information content (AvgIpc) is 2.64. The van der Waals surface area contributed by atoms with E-state index in [1.807, 2.05) is 36.4 Å². The van der Waals surface area contributed by atoms with Crippen LogP contribution in [0, 0.1) is 6.92 Å². The van der Waals surface area contributed by atoms with Crippen molar-refractivity contribution in [1.29, 1.82) is 0 Å². The fourth-order valence-corrected chi connectivity index (χ4v) is 3.28. The summed E-state index contributed by atoms with van der Waals surface area (Å²) in [6, 6.07) is 13.6. The molecule has 134 valence electrons. The Morgan fingerprint density at radius 3 is 2.58 bits per heavy atom. The van der Waals surface area contributed by atoms with Crippen molar-refractivity contribution in [3.05, 3.63) is 69.9 Å². The Kier molecular flexibility index (Phi) is 5.28. The zero-order chi connectivity index (χ0) is 18.7. The van der Waals surface area contributed by atoms with Crippen LogP contribution in [-0.2, 0) is 0 Å². The van der Waals surface area contributed by atoms with Gasteiger partial charge in [-0.1, -0.05) is 42.5 Å². The lowest BCUT2D eigenvalue weighted by molar-refractivity contribution is 0.245. The zero-order valence-corrected chi connectivity index (χ0v) is 15.0. The number of halogens is 1. The van der Waals surface area contributed by atoms with E-state index in [2.05, 4.69) is 5.32 Å². The van der Waals surface area contributed by atoms with Crippen LogP contribution in [0.5, 0.6) is 0 Å². The lowest BCUT2D eigenvalue weighted by Gasteiger charge is -2.19. The van der Waals surface area contributed by atoms with Crippen molar-refractivity contribution in [3.63, 3.8) is 0 Å². The molecule has 2 aromatic carbocycles. The summed E-state index contributed by atoms with van der Waals surface area (Å²) in [5, 5.41) is 3.14. The molecule has 0 saturated heterocycles. The van der Waals surface area contributed by atoms with E-state index in [1.165, 1.54) is 0 Å². The molecule has 26 heavy (non-hydrogen) atoms. The number of nitrogens with one attached hydrogen (secondary N) is 1. The van der Waals surface area contributed by atoms with Gasteiger partial charge in [0.15, 0.2) is 5.43 Å². The maximum atomic E-state index is 12.9. The predicted molar refractivity (Wildman–Crippen MR) is 103 cm³/mol. The molecule has 1 heterocycles. The monoisotopic (exact) mass is 370 g/mol. The number of primary amides is 1. The van der Waals surface area contributed by atoms with Gasteiger partial charge in [0.2, 0.25) is 0 Å². The van der Waals surface area contributed by atoms with E-state index in [-0.39, 0.29) is 5.43 Å². The molecule has 0 aliphatic rings. The van der Waals surface area contributed by atoms with Crippen LogP contribution >= 0.6 is 11.6 Å². The van der Waals surface area contributed by atoms with Gasteiger partial charge in [0.1, 0.15) is 11.3 Å². The maximum absolute atomic E-state index is 12.9. The highest BCUT2D eigenvalue weighted by Crippen LogP contribution is 2.30. The number of hydrogen-bond acceptors (Lipinski definition) is 3. The van der Waals surface area contributed by atoms with Gasteiger partial charge in [-0.15, -0.1) is 11.6 Å². The normalized spacial score (nSPS) is 12.1. The smallest absolute Gasteiger partial charge is 0.312 e. The highest BCUT2D eigenvalue weighted by atomic mass is 35.5. The molecule has 0 saturated carbocycles. The van der Waals surface area contributed by atoms with E-state index in [9.17, 15) is 9.59 Å². The minimum absolute atomic E-state index is 0.101. The number of carbonyl (C=O) groups excluding carboxylic acids is 1. The molecule has 1 atom stereocenters. The SMILES string of the molecule is Cc1c(-c2ccccc2)oc2c(C(CCCl)NC(N)=O)cccc2c1=O. The van der Waals surface area contributed by atoms with Gasteiger partial charge >= 0.3 is 6.03 Å². The van der Waals surface area contributed by atoms with Gasteiger partial charge in [0.05, 0.1) is 11.4 Å². The molecule has 0 bridgehead atoms. The second-order valence-electron chi connectivity index (χ2n) is 6.01. The largest absolute Gasteiger partial charge is 0.455 e.